The van der Waals surface area contributed by atoms with Gasteiger partial charge in [-0.1, -0.05) is 51.1 Å². The molecule has 5 aliphatic rings. The third kappa shape index (κ3) is 3.75. The summed E-state index contributed by atoms with van der Waals surface area (Å²) in [5.41, 5.74) is 0.675. The molecule has 0 unspecified atom stereocenters. The van der Waals surface area contributed by atoms with Gasteiger partial charge in [-0.25, -0.2) is 0 Å². The first kappa shape index (κ1) is 28.9. The molecule has 4 saturated carbocycles. The van der Waals surface area contributed by atoms with Gasteiger partial charge in [-0.15, -0.1) is 0 Å². The molecule has 41 heavy (non-hydrogen) atoms. The van der Waals surface area contributed by atoms with E-state index in [1.807, 2.05) is 30.3 Å². The summed E-state index contributed by atoms with van der Waals surface area (Å²) in [6.07, 6.45) is 11.2. The molecule has 6 rings (SSSR count). The predicted molar refractivity (Wildman–Crippen MR) is 160 cm³/mol. The van der Waals surface area contributed by atoms with Crippen LogP contribution in [0, 0.1) is 44.8 Å². The molecule has 0 saturated heterocycles. The van der Waals surface area contributed by atoms with Crippen molar-refractivity contribution in [3.63, 3.8) is 0 Å². The molecule has 1 amide bonds. The van der Waals surface area contributed by atoms with E-state index in [1.54, 1.807) is 6.92 Å². The van der Waals surface area contributed by atoms with Crippen molar-refractivity contribution in [2.45, 2.75) is 91.3 Å². The molecule has 2 N–H and O–H groups in total. The zero-order valence-corrected chi connectivity index (χ0v) is 26.1. The average Bonchev–Trinajstić information content (AvgIpc) is 3.54. The van der Waals surface area contributed by atoms with Gasteiger partial charge >= 0.3 is 5.97 Å². The zero-order valence-electron chi connectivity index (χ0n) is 26.1. The Hall–Kier alpha value is -2.18. The second-order valence-corrected chi connectivity index (χ2v) is 15.3. The number of ether oxygens (including phenoxy) is 1. The van der Waals surface area contributed by atoms with Crippen molar-refractivity contribution in [2.24, 2.45) is 44.8 Å². The summed E-state index contributed by atoms with van der Waals surface area (Å²) in [7, 11) is 4.29. The molecule has 0 radical (unpaired) electrons. The number of allylic oxidation sites excluding steroid dienone is 2. The quantitative estimate of drug-likeness (QED) is 0.355. The Morgan fingerprint density at radius 3 is 2.32 bits per heavy atom. The number of esters is 1. The number of nitrogens with zero attached hydrogens (tertiary/aromatic N) is 1. The van der Waals surface area contributed by atoms with Gasteiger partial charge in [0.1, 0.15) is 6.10 Å². The number of carbonyl (C=O) groups excluding carboxylic acids is 2. The van der Waals surface area contributed by atoms with Crippen LogP contribution in [0.3, 0.4) is 0 Å². The molecular weight excluding hydrogens is 512 g/mol. The van der Waals surface area contributed by atoms with Crippen LogP contribution in [0.25, 0.3) is 0 Å². The van der Waals surface area contributed by atoms with Crippen molar-refractivity contribution in [1.82, 2.24) is 10.2 Å². The minimum Gasteiger partial charge on any atom is -0.462 e. The van der Waals surface area contributed by atoms with Crippen LogP contribution >= 0.6 is 0 Å². The Kier molecular flexibility index (Phi) is 6.64. The van der Waals surface area contributed by atoms with Crippen LogP contribution in [0.2, 0.25) is 0 Å². The number of rotatable bonds is 6. The molecule has 224 valence electrons. The largest absolute Gasteiger partial charge is 0.462 e. The minimum atomic E-state index is -0.423. The van der Waals surface area contributed by atoms with Crippen LogP contribution < -0.4 is 5.32 Å². The van der Waals surface area contributed by atoms with E-state index >= 15 is 0 Å². The lowest BCUT2D eigenvalue weighted by Crippen LogP contribution is -2.60. The van der Waals surface area contributed by atoms with E-state index in [1.165, 1.54) is 12.8 Å². The van der Waals surface area contributed by atoms with E-state index in [9.17, 15) is 14.7 Å². The van der Waals surface area contributed by atoms with E-state index in [0.717, 1.165) is 25.7 Å². The highest BCUT2D eigenvalue weighted by Gasteiger charge is 2.82. The van der Waals surface area contributed by atoms with Crippen molar-refractivity contribution >= 4 is 11.9 Å². The lowest BCUT2D eigenvalue weighted by atomic mass is 9.43. The van der Waals surface area contributed by atoms with Gasteiger partial charge in [0.05, 0.1) is 6.61 Å². The van der Waals surface area contributed by atoms with E-state index in [-0.39, 0.29) is 64.1 Å². The summed E-state index contributed by atoms with van der Waals surface area (Å²) in [4.78, 5) is 27.8. The second-order valence-electron chi connectivity index (χ2n) is 15.3. The molecule has 0 aliphatic heterocycles. The summed E-state index contributed by atoms with van der Waals surface area (Å²) < 4.78 is 6.12. The maximum absolute atomic E-state index is 13.2. The number of carbonyl (C=O) groups is 2. The average molecular weight is 563 g/mol. The van der Waals surface area contributed by atoms with Gasteiger partial charge in [-0.05, 0) is 105 Å². The first-order valence-corrected chi connectivity index (χ1v) is 15.8. The number of hydrogen-bond donors (Lipinski definition) is 2. The number of hydrogen-bond acceptors (Lipinski definition) is 5. The van der Waals surface area contributed by atoms with Crippen molar-refractivity contribution < 1.29 is 19.4 Å². The fraction of sp³-hybridized carbons (Fsp3) is 0.714. The number of benzene rings is 1. The topological polar surface area (TPSA) is 78.9 Å². The highest BCUT2D eigenvalue weighted by Crippen LogP contribution is 2.87. The molecule has 6 heteroatoms. The standard InChI is InChI=1S/C35H50N2O4/c1-22(37(6)7)29-25(41-23(2)39)19-33(5)27-14-13-26-31(3,21-38)28(36-30(40)24-11-9-8-10-12-24)15-16-34(26)20-35(27,34)18-17-32(29,33)4/h8-14,22,25-29,38H,15-21H2,1-7H3,(H,36,40)/t22-,25+,26+,27+,28+,29+,31-,32-,33+,34-,35+/m1/s1. The second kappa shape index (κ2) is 9.41. The Morgan fingerprint density at radius 1 is 1.02 bits per heavy atom. The van der Waals surface area contributed by atoms with E-state index in [0.29, 0.717) is 17.5 Å². The molecule has 0 bridgehead atoms. The van der Waals surface area contributed by atoms with Gasteiger partial charge < -0.3 is 20.1 Å². The molecule has 0 aromatic heterocycles. The lowest BCUT2D eigenvalue weighted by molar-refractivity contribution is -0.150. The van der Waals surface area contributed by atoms with Gasteiger partial charge in [-0.2, -0.15) is 0 Å². The predicted octanol–water partition coefficient (Wildman–Crippen LogP) is 5.46. The Bertz CT molecular complexity index is 1250. The first-order chi connectivity index (χ1) is 19.3. The maximum atomic E-state index is 13.2. The van der Waals surface area contributed by atoms with Crippen LogP contribution in [0.4, 0.5) is 0 Å². The third-order valence-electron chi connectivity index (χ3n) is 13.7. The summed E-state index contributed by atoms with van der Waals surface area (Å²) in [5.74, 6) is 0.681. The Balaban J connectivity index is 1.34. The molecular formula is C35H50N2O4. The van der Waals surface area contributed by atoms with Gasteiger partial charge in [0.25, 0.3) is 5.91 Å². The molecule has 0 heterocycles. The Morgan fingerprint density at radius 2 is 1.68 bits per heavy atom. The molecule has 5 aliphatic carbocycles. The SMILES string of the molecule is CC(=O)O[C@H]1C[C@@]2(C)[C@@H]3C=C[C@H]4[C@@](C)(CO)[C@@H](NC(=O)c5ccccc5)CC[C@@]45C[C@@]35CC[C@]2(C)[C@H]1[C@@H](C)N(C)C. The van der Waals surface area contributed by atoms with Gasteiger partial charge in [0, 0.05) is 35.9 Å². The van der Waals surface area contributed by atoms with E-state index in [4.69, 9.17) is 4.74 Å². The van der Waals surface area contributed by atoms with Crippen molar-refractivity contribution in [3.8, 4) is 0 Å². The first-order valence-electron chi connectivity index (χ1n) is 15.8. The van der Waals surface area contributed by atoms with E-state index in [2.05, 4.69) is 64.2 Å². The van der Waals surface area contributed by atoms with Crippen LogP contribution in [-0.4, -0.2) is 60.8 Å². The fourth-order valence-corrected chi connectivity index (χ4v) is 11.3. The van der Waals surface area contributed by atoms with Crippen LogP contribution in [0.1, 0.15) is 83.5 Å². The number of aliphatic hydroxyl groups excluding tert-OH is 1. The van der Waals surface area contributed by atoms with Crippen molar-refractivity contribution in [2.75, 3.05) is 20.7 Å². The van der Waals surface area contributed by atoms with Gasteiger partial charge in [0.2, 0.25) is 0 Å². The highest BCUT2D eigenvalue weighted by molar-refractivity contribution is 5.94. The summed E-state index contributed by atoms with van der Waals surface area (Å²) in [6.45, 7) is 11.1. The smallest absolute Gasteiger partial charge is 0.302 e. The minimum absolute atomic E-state index is 0.0132. The summed E-state index contributed by atoms with van der Waals surface area (Å²) >= 11 is 0. The normalized spacial score (nSPS) is 46.5. The van der Waals surface area contributed by atoms with Crippen LogP contribution in [-0.2, 0) is 9.53 Å². The number of aliphatic hydroxyl groups is 1. The van der Waals surface area contributed by atoms with Crippen molar-refractivity contribution in [3.05, 3.63) is 48.0 Å². The van der Waals surface area contributed by atoms with Crippen molar-refractivity contribution in [1.29, 1.82) is 0 Å². The maximum Gasteiger partial charge on any atom is 0.302 e. The number of amides is 1. The molecule has 1 aromatic carbocycles. The molecule has 4 fully saturated rings. The van der Waals surface area contributed by atoms with Crippen LogP contribution in [0.5, 0.6) is 0 Å². The van der Waals surface area contributed by atoms with Crippen LogP contribution in [0.15, 0.2) is 42.5 Å². The Labute approximate surface area is 246 Å². The molecule has 2 spiro atoms. The van der Waals surface area contributed by atoms with E-state index < -0.39 is 5.41 Å². The summed E-state index contributed by atoms with van der Waals surface area (Å²) in [5, 5.41) is 14.3. The fourth-order valence-electron chi connectivity index (χ4n) is 11.3. The number of fused-ring (bicyclic) bond motifs is 2. The number of nitrogens with one attached hydrogen (secondary N) is 1. The molecule has 11 atom stereocenters. The third-order valence-corrected chi connectivity index (χ3v) is 13.7. The highest BCUT2D eigenvalue weighted by atomic mass is 16.5. The molecule has 1 aromatic rings. The van der Waals surface area contributed by atoms with Gasteiger partial charge in [-0.3, -0.25) is 9.59 Å². The monoisotopic (exact) mass is 562 g/mol. The lowest BCUT2D eigenvalue weighted by Gasteiger charge is -2.61. The summed E-state index contributed by atoms with van der Waals surface area (Å²) in [6, 6.07) is 9.64. The van der Waals surface area contributed by atoms with Gasteiger partial charge in [0.15, 0.2) is 0 Å². The molecule has 6 nitrogen and oxygen atoms in total. The zero-order chi connectivity index (χ0) is 29.6.